The van der Waals surface area contributed by atoms with E-state index >= 15 is 0 Å². The van der Waals surface area contributed by atoms with Gasteiger partial charge in [-0.25, -0.2) is 0 Å². The second kappa shape index (κ2) is 6.65. The minimum atomic E-state index is -0.718. The lowest BCUT2D eigenvalue weighted by Crippen LogP contribution is -2.41. The molecule has 0 spiro atoms. The first-order valence-corrected chi connectivity index (χ1v) is 9.03. The Morgan fingerprint density at radius 1 is 1.12 bits per heavy atom. The summed E-state index contributed by atoms with van der Waals surface area (Å²) < 4.78 is 18.1. The predicted molar refractivity (Wildman–Crippen MR) is 96.2 cm³/mol. The van der Waals surface area contributed by atoms with E-state index in [0.717, 1.165) is 30.5 Å². The Labute approximate surface area is 149 Å². The summed E-state index contributed by atoms with van der Waals surface area (Å²) in [6, 6.07) is 7.72. The molecule has 1 aromatic rings. The average Bonchev–Trinajstić information content (AvgIpc) is 2.76. The Hall–Kier alpha value is -1.53. The highest BCUT2D eigenvalue weighted by Gasteiger charge is 2.51. The van der Waals surface area contributed by atoms with Crippen molar-refractivity contribution in [3.05, 3.63) is 24.3 Å². The van der Waals surface area contributed by atoms with Gasteiger partial charge in [0, 0.05) is 0 Å². The van der Waals surface area contributed by atoms with Gasteiger partial charge in [0.2, 0.25) is 0 Å². The zero-order chi connectivity index (χ0) is 18.2. The van der Waals surface area contributed by atoms with Crippen molar-refractivity contribution in [1.82, 2.24) is 0 Å². The molecular formula is C19H27BO5. The van der Waals surface area contributed by atoms with Crippen LogP contribution in [0.4, 0.5) is 0 Å². The topological polar surface area (TPSA) is 65.0 Å². The quantitative estimate of drug-likeness (QED) is 0.849. The summed E-state index contributed by atoms with van der Waals surface area (Å²) >= 11 is 0. The summed E-state index contributed by atoms with van der Waals surface area (Å²) in [5.41, 5.74) is 0.236. The van der Waals surface area contributed by atoms with Gasteiger partial charge >= 0.3 is 13.1 Å². The molecule has 0 bridgehead atoms. The van der Waals surface area contributed by atoms with Crippen molar-refractivity contribution >= 4 is 18.6 Å². The molecule has 1 aliphatic heterocycles. The minimum absolute atomic E-state index is 0.0300. The summed E-state index contributed by atoms with van der Waals surface area (Å²) in [5.74, 6) is -0.247. The van der Waals surface area contributed by atoms with Crippen LogP contribution in [0.3, 0.4) is 0 Å². The lowest BCUT2D eigenvalue weighted by atomic mass is 9.79. The molecule has 1 aromatic carbocycles. The normalized spacial score (nSPS) is 27.9. The third-order valence-electron chi connectivity index (χ3n) is 5.68. The number of ether oxygens (including phenoxy) is 1. The van der Waals surface area contributed by atoms with Crippen molar-refractivity contribution in [3.8, 4) is 5.75 Å². The van der Waals surface area contributed by atoms with Crippen LogP contribution in [-0.4, -0.2) is 35.5 Å². The Morgan fingerprint density at radius 2 is 1.72 bits per heavy atom. The molecule has 25 heavy (non-hydrogen) atoms. The van der Waals surface area contributed by atoms with E-state index in [-0.39, 0.29) is 30.3 Å². The standard InChI is InChI=1S/C19H27BO5/c1-18(2)19(3,4)25-20(24-18)14-8-10-15(11-9-14)23-16-7-5-6-13(12-16)17(21)22/h8-11,13,16H,5-7,12H2,1-4H3,(H,21,22)/t13-,16-/m0/s1. The van der Waals surface area contributed by atoms with Gasteiger partial charge in [-0.3, -0.25) is 4.79 Å². The Morgan fingerprint density at radius 3 is 2.28 bits per heavy atom. The monoisotopic (exact) mass is 346 g/mol. The molecule has 1 heterocycles. The van der Waals surface area contributed by atoms with Crippen LogP contribution in [0.25, 0.3) is 0 Å². The number of benzene rings is 1. The summed E-state index contributed by atoms with van der Waals surface area (Å²) in [6.45, 7) is 8.14. The molecule has 0 amide bonds. The molecule has 1 saturated carbocycles. The molecule has 2 fully saturated rings. The first kappa shape index (κ1) is 18.3. The van der Waals surface area contributed by atoms with Gasteiger partial charge < -0.3 is 19.2 Å². The maximum absolute atomic E-state index is 11.2. The molecule has 136 valence electrons. The first-order valence-electron chi connectivity index (χ1n) is 9.03. The number of aliphatic carboxylic acids is 1. The predicted octanol–water partition coefficient (Wildman–Crippen LogP) is 3.01. The molecule has 6 heteroatoms. The fourth-order valence-electron chi connectivity index (χ4n) is 3.35. The molecule has 0 aromatic heterocycles. The lowest BCUT2D eigenvalue weighted by Gasteiger charge is -2.32. The fourth-order valence-corrected chi connectivity index (χ4v) is 3.35. The Kier molecular flexibility index (Phi) is 4.86. The highest BCUT2D eigenvalue weighted by atomic mass is 16.7. The number of rotatable bonds is 4. The van der Waals surface area contributed by atoms with Crippen LogP contribution in [0.5, 0.6) is 5.75 Å². The van der Waals surface area contributed by atoms with E-state index in [9.17, 15) is 9.90 Å². The summed E-state index contributed by atoms with van der Waals surface area (Å²) in [4.78, 5) is 11.2. The summed E-state index contributed by atoms with van der Waals surface area (Å²) in [5, 5.41) is 9.18. The Balaban J connectivity index is 1.62. The van der Waals surface area contributed by atoms with Gasteiger partial charge in [-0.1, -0.05) is 12.1 Å². The molecule has 1 saturated heterocycles. The second-order valence-corrected chi connectivity index (χ2v) is 8.10. The van der Waals surface area contributed by atoms with Gasteiger partial charge in [0.1, 0.15) is 5.75 Å². The maximum atomic E-state index is 11.2. The van der Waals surface area contributed by atoms with Crippen molar-refractivity contribution in [1.29, 1.82) is 0 Å². The molecule has 0 unspecified atom stereocenters. The lowest BCUT2D eigenvalue weighted by molar-refractivity contribution is -0.143. The number of carboxylic acid groups (broad SMARTS) is 1. The molecular weight excluding hydrogens is 319 g/mol. The molecule has 2 aliphatic rings. The van der Waals surface area contributed by atoms with E-state index in [2.05, 4.69) is 0 Å². The van der Waals surface area contributed by atoms with Gasteiger partial charge in [-0.05, 0) is 71.0 Å². The van der Waals surface area contributed by atoms with E-state index in [0.29, 0.717) is 6.42 Å². The van der Waals surface area contributed by atoms with Crippen molar-refractivity contribution in [2.75, 3.05) is 0 Å². The van der Waals surface area contributed by atoms with Crippen molar-refractivity contribution in [3.63, 3.8) is 0 Å². The van der Waals surface area contributed by atoms with Gasteiger partial charge in [-0.15, -0.1) is 0 Å². The van der Waals surface area contributed by atoms with Gasteiger partial charge in [0.05, 0.1) is 23.2 Å². The van der Waals surface area contributed by atoms with E-state index in [1.807, 2.05) is 52.0 Å². The van der Waals surface area contributed by atoms with Crippen LogP contribution in [0, 0.1) is 5.92 Å². The smallest absolute Gasteiger partial charge is 0.490 e. The van der Waals surface area contributed by atoms with E-state index in [1.54, 1.807) is 0 Å². The van der Waals surface area contributed by atoms with Crippen molar-refractivity contribution < 1.29 is 23.9 Å². The number of carbonyl (C=O) groups is 1. The molecule has 0 radical (unpaired) electrons. The number of hydrogen-bond donors (Lipinski definition) is 1. The van der Waals surface area contributed by atoms with Gasteiger partial charge in [-0.2, -0.15) is 0 Å². The van der Waals surface area contributed by atoms with E-state index in [1.165, 1.54) is 0 Å². The average molecular weight is 346 g/mol. The third-order valence-corrected chi connectivity index (χ3v) is 5.68. The summed E-state index contributed by atoms with van der Waals surface area (Å²) in [7, 11) is -0.384. The van der Waals surface area contributed by atoms with Crippen molar-refractivity contribution in [2.45, 2.75) is 70.7 Å². The van der Waals surface area contributed by atoms with Gasteiger partial charge in [0.15, 0.2) is 0 Å². The highest BCUT2D eigenvalue weighted by molar-refractivity contribution is 6.62. The molecule has 2 atom stereocenters. The highest BCUT2D eigenvalue weighted by Crippen LogP contribution is 2.36. The zero-order valence-electron chi connectivity index (χ0n) is 15.5. The van der Waals surface area contributed by atoms with Gasteiger partial charge in [0.25, 0.3) is 0 Å². The van der Waals surface area contributed by atoms with E-state index < -0.39 is 5.97 Å². The van der Waals surface area contributed by atoms with Crippen LogP contribution in [0.2, 0.25) is 0 Å². The van der Waals surface area contributed by atoms with Crippen LogP contribution in [0.1, 0.15) is 53.4 Å². The summed E-state index contributed by atoms with van der Waals surface area (Å²) in [6.07, 6.45) is 3.10. The molecule has 3 rings (SSSR count). The molecule has 5 nitrogen and oxygen atoms in total. The number of carboxylic acids is 1. The maximum Gasteiger partial charge on any atom is 0.494 e. The van der Waals surface area contributed by atoms with Crippen LogP contribution in [0.15, 0.2) is 24.3 Å². The third kappa shape index (κ3) is 3.85. The molecule has 1 aliphatic carbocycles. The van der Waals surface area contributed by atoms with Crippen LogP contribution in [-0.2, 0) is 14.1 Å². The van der Waals surface area contributed by atoms with Crippen molar-refractivity contribution in [2.24, 2.45) is 5.92 Å². The number of hydrogen-bond acceptors (Lipinski definition) is 4. The fraction of sp³-hybridized carbons (Fsp3) is 0.632. The largest absolute Gasteiger partial charge is 0.494 e. The first-order chi connectivity index (χ1) is 11.7. The SMILES string of the molecule is CC1(C)OB(c2ccc(O[C@H]3CCC[C@H](C(=O)O)C3)cc2)OC1(C)C. The van der Waals surface area contributed by atoms with Crippen LogP contribution < -0.4 is 10.2 Å². The zero-order valence-corrected chi connectivity index (χ0v) is 15.5. The second-order valence-electron chi connectivity index (χ2n) is 8.10. The molecule has 1 N–H and O–H groups in total. The minimum Gasteiger partial charge on any atom is -0.490 e. The van der Waals surface area contributed by atoms with Crippen LogP contribution >= 0.6 is 0 Å². The van der Waals surface area contributed by atoms with E-state index in [4.69, 9.17) is 14.0 Å². The Bertz CT molecular complexity index is 609.